The van der Waals surface area contributed by atoms with Gasteiger partial charge in [-0.15, -0.1) is 0 Å². The number of aryl methyl sites for hydroxylation is 1. The maximum absolute atomic E-state index is 11.7. The molecule has 0 aliphatic rings. The summed E-state index contributed by atoms with van der Waals surface area (Å²) in [5.74, 6) is 1.55. The van der Waals surface area contributed by atoms with Crippen molar-refractivity contribution >= 4 is 21.6 Å². The Labute approximate surface area is 130 Å². The molecular weight excluding hydrogens is 338 g/mol. The fraction of sp³-hybridized carbons (Fsp3) is 0.286. The molecular formula is C14H16BrN3O3. The van der Waals surface area contributed by atoms with Crippen molar-refractivity contribution in [2.24, 2.45) is 7.05 Å². The third-order valence-corrected chi connectivity index (χ3v) is 3.59. The van der Waals surface area contributed by atoms with E-state index in [-0.39, 0.29) is 5.56 Å². The molecule has 6 nitrogen and oxygen atoms in total. The van der Waals surface area contributed by atoms with Crippen molar-refractivity contribution in [1.29, 1.82) is 0 Å². The van der Waals surface area contributed by atoms with E-state index in [2.05, 4.69) is 26.3 Å². The van der Waals surface area contributed by atoms with Crippen molar-refractivity contribution in [3.63, 3.8) is 0 Å². The Morgan fingerprint density at radius 3 is 2.62 bits per heavy atom. The molecule has 7 heteroatoms. The first-order valence-corrected chi connectivity index (χ1v) is 7.13. The lowest BCUT2D eigenvalue weighted by Gasteiger charge is -2.10. The SMILES string of the molecule is COc1ccc(OCCNc2cnn(C)c(=O)c2Br)cc1. The first-order chi connectivity index (χ1) is 10.1. The number of rotatable bonds is 6. The van der Waals surface area contributed by atoms with Crippen LogP contribution in [-0.4, -0.2) is 30.0 Å². The lowest BCUT2D eigenvalue weighted by Crippen LogP contribution is -2.22. The summed E-state index contributed by atoms with van der Waals surface area (Å²) in [6.45, 7) is 1.02. The number of hydrogen-bond acceptors (Lipinski definition) is 5. The third-order valence-electron chi connectivity index (χ3n) is 2.82. The smallest absolute Gasteiger partial charge is 0.282 e. The number of nitrogens with one attached hydrogen (secondary N) is 1. The molecule has 0 fully saturated rings. The van der Waals surface area contributed by atoms with E-state index in [4.69, 9.17) is 9.47 Å². The molecule has 1 N–H and O–H groups in total. The fourth-order valence-electron chi connectivity index (χ4n) is 1.66. The average Bonchev–Trinajstić information content (AvgIpc) is 2.51. The van der Waals surface area contributed by atoms with Crippen LogP contribution in [0.1, 0.15) is 0 Å². The first kappa shape index (κ1) is 15.4. The quantitative estimate of drug-likeness (QED) is 0.805. The highest BCUT2D eigenvalue weighted by Crippen LogP contribution is 2.17. The highest BCUT2D eigenvalue weighted by Gasteiger charge is 2.05. The van der Waals surface area contributed by atoms with Gasteiger partial charge in [-0.2, -0.15) is 5.10 Å². The number of anilines is 1. The summed E-state index contributed by atoms with van der Waals surface area (Å²) in [6, 6.07) is 7.36. The number of halogens is 1. The number of ether oxygens (including phenoxy) is 2. The van der Waals surface area contributed by atoms with Gasteiger partial charge in [-0.25, -0.2) is 4.68 Å². The number of benzene rings is 1. The summed E-state index contributed by atoms with van der Waals surface area (Å²) in [4.78, 5) is 11.7. The summed E-state index contributed by atoms with van der Waals surface area (Å²) in [7, 11) is 3.22. The molecule has 1 aromatic carbocycles. The van der Waals surface area contributed by atoms with Gasteiger partial charge in [0, 0.05) is 13.6 Å². The van der Waals surface area contributed by atoms with Crippen LogP contribution >= 0.6 is 15.9 Å². The lowest BCUT2D eigenvalue weighted by atomic mass is 10.3. The van der Waals surface area contributed by atoms with Gasteiger partial charge in [0.2, 0.25) is 0 Å². The highest BCUT2D eigenvalue weighted by molar-refractivity contribution is 9.10. The van der Waals surface area contributed by atoms with Gasteiger partial charge in [0.1, 0.15) is 22.6 Å². The topological polar surface area (TPSA) is 65.4 Å². The Balaban J connectivity index is 1.84. The van der Waals surface area contributed by atoms with Gasteiger partial charge < -0.3 is 14.8 Å². The molecule has 0 radical (unpaired) electrons. The molecule has 1 aromatic heterocycles. The second kappa shape index (κ2) is 7.12. The summed E-state index contributed by atoms with van der Waals surface area (Å²) in [6.07, 6.45) is 1.60. The molecule has 2 aromatic rings. The number of methoxy groups -OCH3 is 1. The molecule has 0 spiro atoms. The molecule has 2 rings (SSSR count). The van der Waals surface area contributed by atoms with Crippen molar-refractivity contribution in [3.8, 4) is 11.5 Å². The van der Waals surface area contributed by atoms with Crippen molar-refractivity contribution < 1.29 is 9.47 Å². The minimum Gasteiger partial charge on any atom is -0.497 e. The highest BCUT2D eigenvalue weighted by atomic mass is 79.9. The molecule has 0 amide bonds. The maximum atomic E-state index is 11.7. The van der Waals surface area contributed by atoms with Gasteiger partial charge in [0.05, 0.1) is 19.0 Å². The summed E-state index contributed by atoms with van der Waals surface area (Å²) < 4.78 is 12.4. The molecule has 0 aliphatic heterocycles. The minimum atomic E-state index is -0.184. The van der Waals surface area contributed by atoms with Crippen LogP contribution in [0.4, 0.5) is 5.69 Å². The van der Waals surface area contributed by atoms with Crippen molar-refractivity contribution in [3.05, 3.63) is 45.3 Å². The van der Waals surface area contributed by atoms with E-state index in [1.165, 1.54) is 4.68 Å². The third kappa shape index (κ3) is 3.98. The molecule has 0 unspecified atom stereocenters. The van der Waals surface area contributed by atoms with Crippen molar-refractivity contribution in [2.75, 3.05) is 25.6 Å². The number of hydrogen-bond donors (Lipinski definition) is 1. The van der Waals surface area contributed by atoms with Gasteiger partial charge in [0.15, 0.2) is 0 Å². The molecule has 1 heterocycles. The van der Waals surface area contributed by atoms with E-state index >= 15 is 0 Å². The van der Waals surface area contributed by atoms with Gasteiger partial charge in [-0.1, -0.05) is 0 Å². The second-order valence-electron chi connectivity index (χ2n) is 4.25. The monoisotopic (exact) mass is 353 g/mol. The van der Waals surface area contributed by atoms with E-state index < -0.39 is 0 Å². The van der Waals surface area contributed by atoms with Crippen LogP contribution in [0.5, 0.6) is 11.5 Å². The van der Waals surface area contributed by atoms with Crippen LogP contribution in [0.15, 0.2) is 39.7 Å². The Hall–Kier alpha value is -2.02. The average molecular weight is 354 g/mol. The standard InChI is InChI=1S/C14H16BrN3O3/c1-18-14(19)13(15)12(9-17-18)16-7-8-21-11-5-3-10(20-2)4-6-11/h3-6,9,16H,7-8H2,1-2H3. The van der Waals surface area contributed by atoms with Crippen molar-refractivity contribution in [2.45, 2.75) is 0 Å². The Morgan fingerprint density at radius 1 is 1.29 bits per heavy atom. The molecule has 0 saturated carbocycles. The predicted molar refractivity (Wildman–Crippen MR) is 84.2 cm³/mol. The van der Waals surface area contributed by atoms with Gasteiger partial charge in [0.25, 0.3) is 5.56 Å². The van der Waals surface area contributed by atoms with Crippen LogP contribution in [-0.2, 0) is 7.05 Å². The van der Waals surface area contributed by atoms with Crippen LogP contribution in [0.25, 0.3) is 0 Å². The molecule has 21 heavy (non-hydrogen) atoms. The Bertz CT molecular complexity index is 656. The second-order valence-corrected chi connectivity index (χ2v) is 5.04. The van der Waals surface area contributed by atoms with Crippen LogP contribution < -0.4 is 20.3 Å². The first-order valence-electron chi connectivity index (χ1n) is 6.34. The zero-order chi connectivity index (χ0) is 15.2. The normalized spacial score (nSPS) is 10.2. The van der Waals surface area contributed by atoms with Crippen LogP contribution in [0, 0.1) is 0 Å². The lowest BCUT2D eigenvalue weighted by molar-refractivity contribution is 0.331. The fourth-order valence-corrected chi connectivity index (χ4v) is 2.16. The Kier molecular flexibility index (Phi) is 5.21. The zero-order valence-corrected chi connectivity index (χ0v) is 13.4. The van der Waals surface area contributed by atoms with Gasteiger partial charge in [-0.05, 0) is 40.2 Å². The van der Waals surface area contributed by atoms with Gasteiger partial charge in [-0.3, -0.25) is 4.79 Å². The molecule has 0 saturated heterocycles. The summed E-state index contributed by atoms with van der Waals surface area (Å²) >= 11 is 3.25. The van der Waals surface area contributed by atoms with E-state index in [1.807, 2.05) is 24.3 Å². The number of nitrogens with zero attached hydrogens (tertiary/aromatic N) is 2. The van der Waals surface area contributed by atoms with E-state index in [0.29, 0.717) is 23.3 Å². The predicted octanol–water partition coefficient (Wildman–Crippen LogP) is 2.04. The van der Waals surface area contributed by atoms with Crippen LogP contribution in [0.3, 0.4) is 0 Å². The van der Waals surface area contributed by atoms with E-state index in [0.717, 1.165) is 11.5 Å². The van der Waals surface area contributed by atoms with Crippen LogP contribution in [0.2, 0.25) is 0 Å². The summed E-state index contributed by atoms with van der Waals surface area (Å²) in [5.41, 5.74) is 0.465. The molecule has 112 valence electrons. The van der Waals surface area contributed by atoms with Gasteiger partial charge >= 0.3 is 0 Å². The zero-order valence-electron chi connectivity index (χ0n) is 11.8. The number of aromatic nitrogens is 2. The molecule has 0 aliphatic carbocycles. The maximum Gasteiger partial charge on any atom is 0.282 e. The Morgan fingerprint density at radius 2 is 1.95 bits per heavy atom. The molecule has 0 bridgehead atoms. The van der Waals surface area contributed by atoms with E-state index in [9.17, 15) is 4.79 Å². The summed E-state index contributed by atoms with van der Waals surface area (Å²) in [5, 5.41) is 7.05. The van der Waals surface area contributed by atoms with E-state index in [1.54, 1.807) is 20.4 Å². The largest absolute Gasteiger partial charge is 0.497 e. The van der Waals surface area contributed by atoms with Crippen molar-refractivity contribution in [1.82, 2.24) is 9.78 Å². The molecule has 0 atom stereocenters. The minimum absolute atomic E-state index is 0.184.